The quantitative estimate of drug-likeness (QED) is 0.347. The number of amides is 2. The normalized spacial score (nSPS) is 13.6. The minimum atomic E-state index is -0.766. The third-order valence-corrected chi connectivity index (χ3v) is 4.68. The van der Waals surface area contributed by atoms with E-state index < -0.39 is 28.7 Å². The maximum absolute atomic E-state index is 13.3. The predicted molar refractivity (Wildman–Crippen MR) is 110 cm³/mol. The molecule has 2 amide bonds. The molecule has 0 unspecified atom stereocenters. The first-order valence-corrected chi connectivity index (χ1v) is 9.69. The van der Waals surface area contributed by atoms with E-state index in [1.807, 2.05) is 0 Å². The number of esters is 1. The van der Waals surface area contributed by atoms with Gasteiger partial charge in [-0.25, -0.2) is 18.9 Å². The number of halogens is 1. The van der Waals surface area contributed by atoms with E-state index in [4.69, 9.17) is 9.47 Å². The summed E-state index contributed by atoms with van der Waals surface area (Å²) in [5.41, 5.74) is 0.861. The summed E-state index contributed by atoms with van der Waals surface area (Å²) in [6, 6.07) is 10.6. The lowest BCUT2D eigenvalue weighted by Gasteiger charge is -2.12. The number of nitro groups is 1. The fraction of sp³-hybridized carbons (Fsp3) is 0.227. The molecule has 1 heterocycles. The van der Waals surface area contributed by atoms with Crippen LogP contribution in [0, 0.1) is 15.9 Å². The number of nitro benzene ring substituents is 1. The van der Waals surface area contributed by atoms with Crippen LogP contribution in [-0.2, 0) is 14.3 Å². The Balaban J connectivity index is 1.69. The first-order valence-electron chi connectivity index (χ1n) is 9.69. The number of rotatable bonds is 8. The van der Waals surface area contributed by atoms with Gasteiger partial charge < -0.3 is 9.47 Å². The lowest BCUT2D eigenvalue weighted by molar-refractivity contribution is -0.384. The molecule has 10 heteroatoms. The smallest absolute Gasteiger partial charge is 0.416 e. The number of allylic oxidation sites excluding steroid dienone is 1. The SMILES string of the molecule is O=C(OC/C(=C\CCC(=O)N1CCOC1=O)c1ccc(F)cc1)c1cccc([N+](=O)[O-])c1. The minimum Gasteiger partial charge on any atom is -0.457 e. The van der Waals surface area contributed by atoms with Crippen LogP contribution in [0.15, 0.2) is 54.6 Å². The zero-order valence-corrected chi connectivity index (χ0v) is 16.9. The van der Waals surface area contributed by atoms with E-state index in [1.165, 1.54) is 42.5 Å². The number of carbonyl (C=O) groups excluding carboxylic acids is 3. The zero-order chi connectivity index (χ0) is 23.1. The molecule has 1 saturated heterocycles. The van der Waals surface area contributed by atoms with Crippen LogP contribution in [0.4, 0.5) is 14.9 Å². The number of imide groups is 1. The third kappa shape index (κ3) is 5.75. The van der Waals surface area contributed by atoms with Crippen LogP contribution in [0.25, 0.3) is 5.57 Å². The lowest BCUT2D eigenvalue weighted by Crippen LogP contribution is -2.31. The molecule has 0 N–H and O–H groups in total. The van der Waals surface area contributed by atoms with E-state index >= 15 is 0 Å². The molecule has 0 bridgehead atoms. The summed E-state index contributed by atoms with van der Waals surface area (Å²) < 4.78 is 23.3. The number of ether oxygens (including phenoxy) is 2. The monoisotopic (exact) mass is 442 g/mol. The topological polar surface area (TPSA) is 116 Å². The number of cyclic esters (lactones) is 1. The highest BCUT2D eigenvalue weighted by Gasteiger charge is 2.27. The van der Waals surface area contributed by atoms with Crippen LogP contribution in [-0.4, -0.2) is 47.6 Å². The molecule has 1 fully saturated rings. The highest BCUT2D eigenvalue weighted by molar-refractivity contribution is 5.93. The molecule has 2 aromatic carbocycles. The Hall–Kier alpha value is -4.08. The predicted octanol–water partition coefficient (Wildman–Crippen LogP) is 3.73. The number of hydrogen-bond acceptors (Lipinski definition) is 7. The van der Waals surface area contributed by atoms with E-state index in [1.54, 1.807) is 6.08 Å². The Bertz CT molecular complexity index is 1070. The van der Waals surface area contributed by atoms with Crippen LogP contribution >= 0.6 is 0 Å². The van der Waals surface area contributed by atoms with Crippen molar-refractivity contribution in [1.29, 1.82) is 0 Å². The number of benzene rings is 2. The first kappa shape index (κ1) is 22.6. The van der Waals surface area contributed by atoms with E-state index in [2.05, 4.69) is 0 Å². The molecule has 0 saturated carbocycles. The van der Waals surface area contributed by atoms with Gasteiger partial charge in [0.2, 0.25) is 5.91 Å². The fourth-order valence-electron chi connectivity index (χ4n) is 3.02. The van der Waals surface area contributed by atoms with Crippen molar-refractivity contribution in [2.45, 2.75) is 12.8 Å². The summed E-state index contributed by atoms with van der Waals surface area (Å²) in [5.74, 6) is -1.60. The van der Waals surface area contributed by atoms with Crippen molar-refractivity contribution in [2.24, 2.45) is 0 Å². The molecule has 3 rings (SSSR count). The van der Waals surface area contributed by atoms with Crippen LogP contribution < -0.4 is 0 Å². The van der Waals surface area contributed by atoms with Crippen LogP contribution in [0.3, 0.4) is 0 Å². The number of nitrogens with zero attached hydrogens (tertiary/aromatic N) is 2. The van der Waals surface area contributed by atoms with Gasteiger partial charge in [0.1, 0.15) is 19.0 Å². The molecule has 32 heavy (non-hydrogen) atoms. The second-order valence-corrected chi connectivity index (χ2v) is 6.82. The minimum absolute atomic E-state index is 0.0142. The zero-order valence-electron chi connectivity index (χ0n) is 16.9. The van der Waals surface area contributed by atoms with Crippen molar-refractivity contribution >= 4 is 29.2 Å². The number of hydrogen-bond donors (Lipinski definition) is 0. The fourth-order valence-corrected chi connectivity index (χ4v) is 3.02. The van der Waals surface area contributed by atoms with E-state index in [9.17, 15) is 28.9 Å². The van der Waals surface area contributed by atoms with Crippen molar-refractivity contribution in [3.8, 4) is 0 Å². The van der Waals surface area contributed by atoms with Crippen LogP contribution in [0.2, 0.25) is 0 Å². The Labute approximate surface area is 182 Å². The maximum Gasteiger partial charge on any atom is 0.416 e. The Morgan fingerprint density at radius 2 is 1.94 bits per heavy atom. The second kappa shape index (κ2) is 10.3. The first-order chi connectivity index (χ1) is 15.3. The molecule has 0 spiro atoms. The Kier molecular flexibility index (Phi) is 7.27. The molecule has 0 aromatic heterocycles. The molecular weight excluding hydrogens is 423 g/mol. The molecule has 0 radical (unpaired) electrons. The second-order valence-electron chi connectivity index (χ2n) is 6.82. The van der Waals surface area contributed by atoms with Gasteiger partial charge in [0.05, 0.1) is 17.0 Å². The standard InChI is InChI=1S/C22H19FN2O7/c23-18-9-7-15(8-10-18)17(4-2-6-20(26)24-11-12-31-22(24)28)14-32-21(27)16-3-1-5-19(13-16)25(29)30/h1,3-5,7-10,13H,2,6,11-12,14H2/b17-4+. The average molecular weight is 442 g/mol. The lowest BCUT2D eigenvalue weighted by atomic mass is 10.0. The van der Waals surface area contributed by atoms with Crippen molar-refractivity contribution in [2.75, 3.05) is 19.8 Å². The van der Waals surface area contributed by atoms with E-state index in [-0.39, 0.29) is 43.9 Å². The van der Waals surface area contributed by atoms with Crippen molar-refractivity contribution < 1.29 is 33.2 Å². The summed E-state index contributed by atoms with van der Waals surface area (Å²) in [7, 11) is 0. The summed E-state index contributed by atoms with van der Waals surface area (Å²) in [6.45, 7) is 0.162. The van der Waals surface area contributed by atoms with Crippen molar-refractivity contribution in [3.63, 3.8) is 0 Å². The molecule has 1 aliphatic rings. The van der Waals surface area contributed by atoms with Gasteiger partial charge in [-0.3, -0.25) is 14.9 Å². The largest absolute Gasteiger partial charge is 0.457 e. The van der Waals surface area contributed by atoms with Gasteiger partial charge >= 0.3 is 12.1 Å². The van der Waals surface area contributed by atoms with Crippen LogP contribution in [0.1, 0.15) is 28.8 Å². The van der Waals surface area contributed by atoms with Crippen LogP contribution in [0.5, 0.6) is 0 Å². The Morgan fingerprint density at radius 1 is 1.19 bits per heavy atom. The third-order valence-electron chi connectivity index (χ3n) is 4.68. The molecule has 1 aliphatic heterocycles. The molecule has 0 atom stereocenters. The van der Waals surface area contributed by atoms with Gasteiger partial charge in [0.25, 0.3) is 5.69 Å². The molecule has 0 aliphatic carbocycles. The highest BCUT2D eigenvalue weighted by atomic mass is 19.1. The molecule has 2 aromatic rings. The van der Waals surface area contributed by atoms with Gasteiger partial charge in [-0.05, 0) is 35.8 Å². The summed E-state index contributed by atoms with van der Waals surface area (Å²) in [6.07, 6.45) is 1.25. The van der Waals surface area contributed by atoms with Crippen molar-refractivity contribution in [3.05, 3.63) is 81.7 Å². The van der Waals surface area contributed by atoms with Crippen molar-refractivity contribution in [1.82, 2.24) is 4.90 Å². The number of non-ortho nitro benzene ring substituents is 1. The van der Waals surface area contributed by atoms with Gasteiger partial charge in [0, 0.05) is 18.6 Å². The average Bonchev–Trinajstić information content (AvgIpc) is 3.22. The summed E-state index contributed by atoms with van der Waals surface area (Å²) >= 11 is 0. The summed E-state index contributed by atoms with van der Waals surface area (Å²) in [5, 5.41) is 10.9. The highest BCUT2D eigenvalue weighted by Crippen LogP contribution is 2.20. The number of carbonyl (C=O) groups is 3. The summed E-state index contributed by atoms with van der Waals surface area (Å²) in [4.78, 5) is 47.3. The molecular formula is C22H19FN2O7. The van der Waals surface area contributed by atoms with Gasteiger partial charge in [-0.2, -0.15) is 0 Å². The Morgan fingerprint density at radius 3 is 2.59 bits per heavy atom. The molecule has 166 valence electrons. The maximum atomic E-state index is 13.3. The van der Waals surface area contributed by atoms with E-state index in [0.717, 1.165) is 11.0 Å². The van der Waals surface area contributed by atoms with E-state index in [0.29, 0.717) is 11.1 Å². The molecule has 9 nitrogen and oxygen atoms in total. The van der Waals surface area contributed by atoms with Gasteiger partial charge in [-0.15, -0.1) is 0 Å². The van der Waals surface area contributed by atoms with Gasteiger partial charge in [0.15, 0.2) is 0 Å². The van der Waals surface area contributed by atoms with Gasteiger partial charge in [-0.1, -0.05) is 24.3 Å².